The maximum Gasteiger partial charge on any atom is 0.240 e. The van der Waals surface area contributed by atoms with Crippen LogP contribution >= 0.6 is 12.4 Å². The van der Waals surface area contributed by atoms with Gasteiger partial charge in [0.05, 0.1) is 7.11 Å². The zero-order valence-corrected chi connectivity index (χ0v) is 11.8. The van der Waals surface area contributed by atoms with Gasteiger partial charge in [-0.15, -0.1) is 12.4 Å². The summed E-state index contributed by atoms with van der Waals surface area (Å²) >= 11 is 0. The van der Waals surface area contributed by atoms with Crippen molar-refractivity contribution in [1.82, 2.24) is 0 Å². The number of ether oxygens (including phenoxy) is 1. The second-order valence-electron chi connectivity index (χ2n) is 3.73. The van der Waals surface area contributed by atoms with Crippen molar-refractivity contribution >= 4 is 18.3 Å². The molecule has 0 aliphatic heterocycles. The van der Waals surface area contributed by atoms with Gasteiger partial charge >= 0.3 is 0 Å². The van der Waals surface area contributed by atoms with Crippen LogP contribution in [0.3, 0.4) is 0 Å². The summed E-state index contributed by atoms with van der Waals surface area (Å²) < 4.78 is 6.90. The van der Waals surface area contributed by atoms with E-state index in [-0.39, 0.29) is 23.8 Å². The molecule has 0 spiro atoms. The molecule has 0 aliphatic carbocycles. The molecule has 5 nitrogen and oxygen atoms in total. The van der Waals surface area contributed by atoms with Gasteiger partial charge < -0.3 is 15.3 Å². The van der Waals surface area contributed by atoms with Crippen LogP contribution < -0.4 is 14.4 Å². The highest BCUT2D eigenvalue weighted by molar-refractivity contribution is 5.90. The first-order valence-electron chi connectivity index (χ1n) is 5.59. The van der Waals surface area contributed by atoms with E-state index < -0.39 is 0 Å². The molecular formula is C14H17ClN2O3. The molecule has 0 aliphatic rings. The fourth-order valence-corrected chi connectivity index (χ4v) is 1.52. The third-order valence-corrected chi connectivity index (χ3v) is 2.47. The molecule has 0 saturated heterocycles. The molecule has 2 N–H and O–H groups in total. The average Bonchev–Trinajstić information content (AvgIpc) is 2.46. The van der Waals surface area contributed by atoms with Gasteiger partial charge in [0.2, 0.25) is 6.67 Å². The lowest BCUT2D eigenvalue weighted by molar-refractivity contribution is -0.695. The van der Waals surface area contributed by atoms with Crippen molar-refractivity contribution < 1.29 is 19.9 Å². The zero-order valence-electron chi connectivity index (χ0n) is 11.0. The number of halogens is 1. The minimum absolute atomic E-state index is 0. The van der Waals surface area contributed by atoms with Gasteiger partial charge in [0, 0.05) is 12.1 Å². The highest BCUT2D eigenvalue weighted by Crippen LogP contribution is 2.11. The molecule has 20 heavy (non-hydrogen) atoms. The molecule has 0 saturated carbocycles. The predicted octanol–water partition coefficient (Wildman–Crippen LogP) is 0.344. The minimum atomic E-state index is -0.245. The standard InChI is InChI=1S/C14H14N2O2.ClH.H2O/c1-18-13-7-5-6-12(10-13)14(17)15-11-16-8-3-2-4-9-16;;/h2-10H,11H2,1H3;1H;1H2. The Bertz CT molecular complexity index is 547. The van der Waals surface area contributed by atoms with E-state index in [4.69, 9.17) is 4.74 Å². The number of hydrogen-bond acceptors (Lipinski definition) is 3. The maximum atomic E-state index is 11.9. The molecule has 1 heterocycles. The fraction of sp³-hybridized carbons (Fsp3) is 0.143. The van der Waals surface area contributed by atoms with Crippen LogP contribution in [-0.2, 0) is 6.67 Å². The Morgan fingerprint density at radius 2 is 1.90 bits per heavy atom. The van der Waals surface area contributed by atoms with E-state index in [1.807, 2.05) is 35.2 Å². The van der Waals surface area contributed by atoms with Gasteiger partial charge in [0.15, 0.2) is 12.4 Å². The largest absolute Gasteiger partial charge is 0.858 e. The van der Waals surface area contributed by atoms with Gasteiger partial charge in [-0.1, -0.05) is 18.2 Å². The lowest BCUT2D eigenvalue weighted by Crippen LogP contribution is -2.33. The van der Waals surface area contributed by atoms with Crippen molar-refractivity contribution in [3.63, 3.8) is 0 Å². The van der Waals surface area contributed by atoms with E-state index in [1.54, 1.807) is 31.4 Å². The summed E-state index contributed by atoms with van der Waals surface area (Å²) in [6.07, 6.45) is 3.73. The summed E-state index contributed by atoms with van der Waals surface area (Å²) in [5.74, 6) is 0.411. The molecule has 0 fully saturated rings. The van der Waals surface area contributed by atoms with Crippen LogP contribution in [-0.4, -0.2) is 18.5 Å². The first-order valence-corrected chi connectivity index (χ1v) is 5.59. The number of methoxy groups -OCH3 is 1. The van der Waals surface area contributed by atoms with Crippen LogP contribution in [0, 0.1) is 0 Å². The second-order valence-corrected chi connectivity index (χ2v) is 3.73. The highest BCUT2D eigenvalue weighted by atomic mass is 35.5. The molecule has 0 amide bonds. The van der Waals surface area contributed by atoms with Crippen molar-refractivity contribution in [1.29, 1.82) is 0 Å². The fourth-order valence-electron chi connectivity index (χ4n) is 1.52. The zero-order chi connectivity index (χ0) is 12.8. The Labute approximate surface area is 123 Å². The predicted molar refractivity (Wildman–Crippen MR) is 77.0 cm³/mol. The quantitative estimate of drug-likeness (QED) is 0.463. The number of nitrogens with zero attached hydrogens (tertiary/aromatic N) is 2. The van der Waals surface area contributed by atoms with Crippen LogP contribution in [0.1, 0.15) is 5.56 Å². The van der Waals surface area contributed by atoms with E-state index in [1.165, 1.54) is 0 Å². The first-order chi connectivity index (χ1) is 8.79. The van der Waals surface area contributed by atoms with E-state index in [0.29, 0.717) is 18.0 Å². The lowest BCUT2D eigenvalue weighted by atomic mass is 10.2. The number of benzene rings is 1. The van der Waals surface area contributed by atoms with Crippen LogP contribution in [0.2, 0.25) is 0 Å². The Balaban J connectivity index is 0.00000180. The van der Waals surface area contributed by atoms with Crippen molar-refractivity contribution in [2.24, 2.45) is 4.99 Å². The third-order valence-electron chi connectivity index (χ3n) is 2.47. The van der Waals surface area contributed by atoms with Gasteiger partial charge in [0.25, 0.3) is 0 Å². The molecule has 1 aromatic heterocycles. The molecule has 0 radical (unpaired) electrons. The van der Waals surface area contributed by atoms with Crippen LogP contribution in [0.4, 0.5) is 0 Å². The number of hydrogen-bond donors (Lipinski definition) is 0. The van der Waals surface area contributed by atoms with E-state index >= 15 is 0 Å². The van der Waals surface area contributed by atoms with Gasteiger partial charge in [-0.05, 0) is 23.6 Å². The van der Waals surface area contributed by atoms with E-state index in [0.717, 1.165) is 0 Å². The Kier molecular flexibility index (Phi) is 7.96. The number of rotatable bonds is 4. The SMILES string of the molecule is COc1cccc(C([O-])=NC[n+]2ccccc2)c1.Cl.O. The normalized spacial score (nSPS) is 10.2. The average molecular weight is 297 g/mol. The van der Waals surface area contributed by atoms with Crippen molar-refractivity contribution in [2.75, 3.05) is 7.11 Å². The third kappa shape index (κ3) is 4.87. The van der Waals surface area contributed by atoms with Crippen molar-refractivity contribution in [2.45, 2.75) is 6.67 Å². The lowest BCUT2D eigenvalue weighted by Gasteiger charge is -2.10. The summed E-state index contributed by atoms with van der Waals surface area (Å²) in [6.45, 7) is 0.316. The molecule has 2 aromatic rings. The summed E-state index contributed by atoms with van der Waals surface area (Å²) in [5.41, 5.74) is 0.533. The molecule has 108 valence electrons. The summed E-state index contributed by atoms with van der Waals surface area (Å²) in [6, 6.07) is 12.7. The molecule has 0 atom stereocenters. The number of pyridine rings is 1. The van der Waals surface area contributed by atoms with Gasteiger partial charge in [-0.25, -0.2) is 4.99 Å². The van der Waals surface area contributed by atoms with E-state index in [2.05, 4.69) is 4.99 Å². The van der Waals surface area contributed by atoms with Gasteiger partial charge in [0.1, 0.15) is 5.75 Å². The summed E-state index contributed by atoms with van der Waals surface area (Å²) in [7, 11) is 1.57. The van der Waals surface area contributed by atoms with Crippen LogP contribution in [0.5, 0.6) is 5.75 Å². The van der Waals surface area contributed by atoms with Gasteiger partial charge in [-0.3, -0.25) is 0 Å². The molecule has 0 unspecified atom stereocenters. The molecule has 2 rings (SSSR count). The topological polar surface area (TPSA) is 80.0 Å². The number of aromatic nitrogens is 1. The van der Waals surface area contributed by atoms with Crippen LogP contribution in [0.25, 0.3) is 0 Å². The van der Waals surface area contributed by atoms with E-state index in [9.17, 15) is 5.11 Å². The summed E-state index contributed by atoms with van der Waals surface area (Å²) in [5, 5.41) is 11.9. The molecule has 0 bridgehead atoms. The van der Waals surface area contributed by atoms with Crippen molar-refractivity contribution in [3.05, 3.63) is 60.4 Å². The highest BCUT2D eigenvalue weighted by Gasteiger charge is 1.97. The molecule has 6 heteroatoms. The van der Waals surface area contributed by atoms with Crippen LogP contribution in [0.15, 0.2) is 59.9 Å². The maximum absolute atomic E-state index is 11.9. The smallest absolute Gasteiger partial charge is 0.240 e. The Morgan fingerprint density at radius 3 is 2.55 bits per heavy atom. The Hall–Kier alpha value is -2.11. The first kappa shape index (κ1) is 17.9. The minimum Gasteiger partial charge on any atom is -0.858 e. The monoisotopic (exact) mass is 296 g/mol. The van der Waals surface area contributed by atoms with Gasteiger partial charge in [-0.2, -0.15) is 4.57 Å². The second kappa shape index (κ2) is 8.90. The molecular weight excluding hydrogens is 280 g/mol. The number of aliphatic imine (C=N–C) groups is 1. The molecule has 1 aromatic carbocycles. The van der Waals surface area contributed by atoms with Crippen molar-refractivity contribution in [3.8, 4) is 5.75 Å². The summed E-state index contributed by atoms with van der Waals surface area (Å²) in [4.78, 5) is 4.01. The Morgan fingerprint density at radius 1 is 1.20 bits per heavy atom.